The van der Waals surface area contributed by atoms with Crippen LogP contribution in [0.1, 0.15) is 71.6 Å². The van der Waals surface area contributed by atoms with Crippen molar-refractivity contribution in [2.75, 3.05) is 5.32 Å². The minimum atomic E-state index is -0.651. The van der Waals surface area contributed by atoms with E-state index in [1.54, 1.807) is 11.6 Å². The van der Waals surface area contributed by atoms with E-state index >= 15 is 0 Å². The quantitative estimate of drug-likeness (QED) is 0.711. The molecule has 2 heterocycles. The number of aliphatic hydroxyl groups is 1. The van der Waals surface area contributed by atoms with Gasteiger partial charge in [-0.25, -0.2) is 9.67 Å². The highest BCUT2D eigenvalue weighted by Crippen LogP contribution is 2.36. The number of nitrogens with zero attached hydrogens (tertiary/aromatic N) is 4. The Morgan fingerprint density at radius 2 is 2.10 bits per heavy atom. The molecule has 4 rings (SSSR count). The first-order valence-electron chi connectivity index (χ1n) is 9.90. The van der Waals surface area contributed by atoms with Gasteiger partial charge >= 0.3 is 0 Å². The number of ketones is 1. The number of aromatic nitrogens is 4. The average molecular weight is 398 g/mol. The molecule has 2 atom stereocenters. The molecular weight excluding hydrogens is 372 g/mol. The van der Waals surface area contributed by atoms with Crippen LogP contribution in [-0.4, -0.2) is 48.7 Å². The Morgan fingerprint density at radius 3 is 2.76 bits per heavy atom. The fourth-order valence-electron chi connectivity index (χ4n) is 4.35. The van der Waals surface area contributed by atoms with Crippen molar-refractivity contribution in [2.24, 2.45) is 11.1 Å². The lowest BCUT2D eigenvalue weighted by molar-refractivity contribution is 0.0909. The van der Waals surface area contributed by atoms with Crippen molar-refractivity contribution in [1.82, 2.24) is 19.7 Å². The van der Waals surface area contributed by atoms with Crippen molar-refractivity contribution < 1.29 is 14.7 Å². The van der Waals surface area contributed by atoms with E-state index in [9.17, 15) is 14.7 Å². The number of aliphatic hydroxyl groups excluding tert-OH is 1. The molecule has 1 fully saturated rings. The molecule has 9 nitrogen and oxygen atoms in total. The molecule has 2 unspecified atom stereocenters. The zero-order valence-electron chi connectivity index (χ0n) is 16.9. The molecule has 0 saturated heterocycles. The van der Waals surface area contributed by atoms with Gasteiger partial charge in [0.15, 0.2) is 5.78 Å². The topological polar surface area (TPSA) is 136 Å². The molecule has 2 aromatic heterocycles. The van der Waals surface area contributed by atoms with Crippen LogP contribution in [-0.2, 0) is 6.42 Å². The number of aryl methyl sites for hydroxylation is 1. The second kappa shape index (κ2) is 6.91. The van der Waals surface area contributed by atoms with Crippen molar-refractivity contribution in [3.63, 3.8) is 0 Å². The highest BCUT2D eigenvalue weighted by Gasteiger charge is 2.36. The maximum atomic E-state index is 12.6. The lowest BCUT2D eigenvalue weighted by Crippen LogP contribution is -2.31. The van der Waals surface area contributed by atoms with Gasteiger partial charge in [0.25, 0.3) is 11.9 Å². The summed E-state index contributed by atoms with van der Waals surface area (Å²) >= 11 is 0. The van der Waals surface area contributed by atoms with Crippen molar-refractivity contribution in [3.05, 3.63) is 28.7 Å². The lowest BCUT2D eigenvalue weighted by Gasteiger charge is -2.28. The van der Waals surface area contributed by atoms with Crippen molar-refractivity contribution in [3.8, 4) is 5.95 Å². The third kappa shape index (κ3) is 3.50. The molecule has 2 aliphatic rings. The molecule has 4 N–H and O–H groups in total. The van der Waals surface area contributed by atoms with E-state index in [4.69, 9.17) is 5.73 Å². The zero-order chi connectivity index (χ0) is 20.9. The molecule has 2 aliphatic carbocycles. The fourth-order valence-corrected chi connectivity index (χ4v) is 4.35. The summed E-state index contributed by atoms with van der Waals surface area (Å²) in [4.78, 5) is 33.3. The molecule has 154 valence electrons. The number of primary amides is 1. The van der Waals surface area contributed by atoms with Crippen LogP contribution >= 0.6 is 0 Å². The average Bonchev–Trinajstić information content (AvgIpc) is 3.17. The maximum Gasteiger partial charge on any atom is 0.254 e. The number of Topliss-reactive ketones (excluding diaryl/α,β-unsaturated/α-hetero) is 1. The van der Waals surface area contributed by atoms with E-state index in [0.717, 1.165) is 18.5 Å². The van der Waals surface area contributed by atoms with E-state index in [-0.39, 0.29) is 34.6 Å². The van der Waals surface area contributed by atoms with Gasteiger partial charge in [-0.1, -0.05) is 13.8 Å². The van der Waals surface area contributed by atoms with Crippen molar-refractivity contribution >= 4 is 17.5 Å². The molecule has 0 aromatic carbocycles. The predicted molar refractivity (Wildman–Crippen MR) is 106 cm³/mol. The van der Waals surface area contributed by atoms with Gasteiger partial charge in [0.05, 0.1) is 34.7 Å². The zero-order valence-corrected chi connectivity index (χ0v) is 16.9. The number of hydrogen-bond acceptors (Lipinski definition) is 7. The number of nitrogens with two attached hydrogens (primary N) is 1. The van der Waals surface area contributed by atoms with Crippen LogP contribution < -0.4 is 11.1 Å². The number of anilines is 1. The molecular formula is C20H26N6O3. The number of nitrogens with one attached hydrogen (secondary N) is 1. The molecule has 9 heteroatoms. The monoisotopic (exact) mass is 398 g/mol. The van der Waals surface area contributed by atoms with Gasteiger partial charge in [-0.2, -0.15) is 10.1 Å². The molecule has 1 saturated carbocycles. The molecule has 0 radical (unpaired) electrons. The highest BCUT2D eigenvalue weighted by molar-refractivity contribution is 6.00. The van der Waals surface area contributed by atoms with Gasteiger partial charge in [0, 0.05) is 12.6 Å². The van der Waals surface area contributed by atoms with Crippen molar-refractivity contribution in [1.29, 1.82) is 0 Å². The Labute approximate surface area is 168 Å². The molecule has 0 aliphatic heterocycles. The first kappa shape index (κ1) is 19.5. The van der Waals surface area contributed by atoms with E-state index < -0.39 is 12.0 Å². The number of hydrogen-bond donors (Lipinski definition) is 3. The Bertz CT molecular complexity index is 996. The summed E-state index contributed by atoms with van der Waals surface area (Å²) in [6, 6.07) is -0.204. The first-order chi connectivity index (χ1) is 13.7. The van der Waals surface area contributed by atoms with Crippen LogP contribution in [0, 0.1) is 12.3 Å². The van der Waals surface area contributed by atoms with Gasteiger partial charge in [0.2, 0.25) is 0 Å². The second-order valence-electron chi connectivity index (χ2n) is 8.81. The third-order valence-electron chi connectivity index (χ3n) is 5.75. The van der Waals surface area contributed by atoms with Crippen LogP contribution in [0.4, 0.5) is 5.82 Å². The predicted octanol–water partition coefficient (Wildman–Crippen LogP) is 1.55. The number of carbonyl (C=O) groups excluding carboxylic acids is 2. The summed E-state index contributed by atoms with van der Waals surface area (Å²) in [5, 5.41) is 17.8. The lowest BCUT2D eigenvalue weighted by atomic mass is 9.75. The summed E-state index contributed by atoms with van der Waals surface area (Å²) in [5.41, 5.74) is 7.52. The van der Waals surface area contributed by atoms with Gasteiger partial charge in [0.1, 0.15) is 5.82 Å². The Hall–Kier alpha value is -2.81. The Balaban J connectivity index is 1.79. The molecule has 1 amide bonds. The Morgan fingerprint density at radius 1 is 1.34 bits per heavy atom. The largest absolute Gasteiger partial charge is 0.391 e. The second-order valence-corrected chi connectivity index (χ2v) is 8.81. The van der Waals surface area contributed by atoms with Gasteiger partial charge in [-0.3, -0.25) is 9.59 Å². The van der Waals surface area contributed by atoms with Crippen LogP contribution in [0.3, 0.4) is 0 Å². The summed E-state index contributed by atoms with van der Waals surface area (Å²) in [6.45, 7) is 5.90. The summed E-state index contributed by atoms with van der Waals surface area (Å²) < 4.78 is 1.59. The van der Waals surface area contributed by atoms with Crippen LogP contribution in [0.25, 0.3) is 5.95 Å². The minimum Gasteiger partial charge on any atom is -0.391 e. The number of rotatable bonds is 4. The van der Waals surface area contributed by atoms with Crippen LogP contribution in [0.5, 0.6) is 0 Å². The summed E-state index contributed by atoms with van der Waals surface area (Å²) in [6.07, 6.45) is 4.37. The molecule has 0 spiro atoms. The van der Waals surface area contributed by atoms with Crippen LogP contribution in [0.15, 0.2) is 6.20 Å². The third-order valence-corrected chi connectivity index (χ3v) is 5.75. The van der Waals surface area contributed by atoms with E-state index in [2.05, 4.69) is 20.4 Å². The first-order valence-corrected chi connectivity index (χ1v) is 9.90. The number of amides is 1. The fraction of sp³-hybridized carbons (Fsp3) is 0.550. The molecule has 0 bridgehead atoms. The maximum absolute atomic E-state index is 12.6. The molecule has 2 aromatic rings. The number of carbonyl (C=O) groups is 2. The molecule has 29 heavy (non-hydrogen) atoms. The van der Waals surface area contributed by atoms with Crippen LogP contribution in [0.2, 0.25) is 0 Å². The summed E-state index contributed by atoms with van der Waals surface area (Å²) in [5.74, 6) is -0.0423. The van der Waals surface area contributed by atoms with Gasteiger partial charge in [-0.15, -0.1) is 0 Å². The highest BCUT2D eigenvalue weighted by atomic mass is 16.3. The summed E-state index contributed by atoms with van der Waals surface area (Å²) in [7, 11) is 0. The Kier molecular flexibility index (Phi) is 4.65. The van der Waals surface area contributed by atoms with Gasteiger partial charge in [-0.05, 0) is 38.0 Å². The van der Waals surface area contributed by atoms with Gasteiger partial charge < -0.3 is 16.2 Å². The SMILES string of the molecule is Cc1nn(-c2ncc(C(N)=O)c(NC3CCCC3O)n2)c2c1C(=O)CC(C)(C)C2. The van der Waals surface area contributed by atoms with E-state index in [1.807, 2.05) is 13.8 Å². The van der Waals surface area contributed by atoms with E-state index in [1.165, 1.54) is 6.20 Å². The van der Waals surface area contributed by atoms with Crippen molar-refractivity contribution in [2.45, 2.75) is 65.0 Å². The standard InChI is InChI=1S/C20H26N6O3/c1-10-16-13(7-20(2,3)8-15(16)28)26(25-10)19-22-9-11(17(21)29)18(24-19)23-12-5-4-6-14(12)27/h9,12,14,27H,4-8H2,1-3H3,(H2,21,29)(H,22,23,24). The normalized spacial score (nSPS) is 23.1. The smallest absolute Gasteiger partial charge is 0.254 e. The number of fused-ring (bicyclic) bond motifs is 1. The minimum absolute atomic E-state index is 0.0705. The van der Waals surface area contributed by atoms with E-state index in [0.29, 0.717) is 30.5 Å².